The zero-order valence-corrected chi connectivity index (χ0v) is 10.5. The molecule has 2 N–H and O–H groups in total. The molecule has 88 valence electrons. The fraction of sp³-hybridized carbons (Fsp3) is 0.846. The molecule has 3 atom stereocenters. The van der Waals surface area contributed by atoms with Gasteiger partial charge in [0.25, 0.3) is 0 Å². The Morgan fingerprint density at radius 2 is 1.87 bits per heavy atom. The fourth-order valence-corrected chi connectivity index (χ4v) is 2.41. The third-order valence-corrected chi connectivity index (χ3v) is 4.29. The summed E-state index contributed by atoms with van der Waals surface area (Å²) < 4.78 is 0. The van der Waals surface area contributed by atoms with Crippen LogP contribution in [0.1, 0.15) is 47.5 Å². The summed E-state index contributed by atoms with van der Waals surface area (Å²) >= 11 is 0. The highest BCUT2D eigenvalue weighted by atomic mass is 16.3. The molecule has 1 fully saturated rings. The topological polar surface area (TPSA) is 40.5 Å². The molecule has 15 heavy (non-hydrogen) atoms. The van der Waals surface area contributed by atoms with E-state index in [9.17, 15) is 10.2 Å². The average molecular weight is 212 g/mol. The number of aliphatic hydroxyl groups excluding tert-OH is 1. The van der Waals surface area contributed by atoms with Gasteiger partial charge in [0.2, 0.25) is 0 Å². The van der Waals surface area contributed by atoms with E-state index in [4.69, 9.17) is 0 Å². The minimum absolute atomic E-state index is 0.224. The first-order valence-corrected chi connectivity index (χ1v) is 5.73. The average Bonchev–Trinajstić information content (AvgIpc) is 2.23. The van der Waals surface area contributed by atoms with E-state index in [2.05, 4.69) is 19.9 Å². The van der Waals surface area contributed by atoms with Crippen LogP contribution in [0.2, 0.25) is 0 Å². The third kappa shape index (κ3) is 2.11. The summed E-state index contributed by atoms with van der Waals surface area (Å²) in [6, 6.07) is 0. The normalized spacial score (nSPS) is 39.1. The predicted molar refractivity (Wildman–Crippen MR) is 62.6 cm³/mol. The Kier molecular flexibility index (Phi) is 3.32. The first kappa shape index (κ1) is 12.7. The van der Waals surface area contributed by atoms with Gasteiger partial charge >= 0.3 is 0 Å². The third-order valence-electron chi connectivity index (χ3n) is 4.29. The molecular weight excluding hydrogens is 188 g/mol. The van der Waals surface area contributed by atoms with E-state index >= 15 is 0 Å². The molecule has 0 heterocycles. The monoisotopic (exact) mass is 212 g/mol. The predicted octanol–water partition coefficient (Wildman–Crippen LogP) is 2.50. The van der Waals surface area contributed by atoms with Gasteiger partial charge in [-0.2, -0.15) is 0 Å². The summed E-state index contributed by atoms with van der Waals surface area (Å²) in [5, 5.41) is 20.1. The lowest BCUT2D eigenvalue weighted by Gasteiger charge is -2.38. The van der Waals surface area contributed by atoms with Crippen LogP contribution in [0.25, 0.3) is 0 Å². The maximum Gasteiger partial charge on any atom is 0.0930 e. The molecule has 2 unspecified atom stereocenters. The Bertz CT molecular complexity index is 260. The minimum Gasteiger partial charge on any atom is -0.390 e. The van der Waals surface area contributed by atoms with Crippen molar-refractivity contribution in [3.05, 3.63) is 11.6 Å². The van der Waals surface area contributed by atoms with Crippen molar-refractivity contribution < 1.29 is 10.2 Å². The van der Waals surface area contributed by atoms with Crippen LogP contribution in [-0.2, 0) is 0 Å². The van der Waals surface area contributed by atoms with Crippen LogP contribution in [0.4, 0.5) is 0 Å². The van der Waals surface area contributed by atoms with Crippen molar-refractivity contribution in [3.8, 4) is 0 Å². The van der Waals surface area contributed by atoms with Gasteiger partial charge in [0.1, 0.15) is 0 Å². The van der Waals surface area contributed by atoms with Crippen LogP contribution in [0.3, 0.4) is 0 Å². The van der Waals surface area contributed by atoms with Crippen LogP contribution >= 0.6 is 0 Å². The molecule has 0 spiro atoms. The van der Waals surface area contributed by atoms with Gasteiger partial charge in [0, 0.05) is 0 Å². The van der Waals surface area contributed by atoms with Crippen LogP contribution < -0.4 is 0 Å². The van der Waals surface area contributed by atoms with Gasteiger partial charge in [-0.25, -0.2) is 0 Å². The van der Waals surface area contributed by atoms with Gasteiger partial charge in [-0.15, -0.1) is 0 Å². The summed E-state index contributed by atoms with van der Waals surface area (Å²) in [7, 11) is 0. The summed E-state index contributed by atoms with van der Waals surface area (Å²) in [5.74, 6) is 0.359. The van der Waals surface area contributed by atoms with E-state index in [1.165, 1.54) is 5.57 Å². The van der Waals surface area contributed by atoms with Crippen LogP contribution in [0, 0.1) is 11.3 Å². The van der Waals surface area contributed by atoms with Gasteiger partial charge in [0.15, 0.2) is 0 Å². The molecule has 0 aromatic heterocycles. The smallest absolute Gasteiger partial charge is 0.0930 e. The van der Waals surface area contributed by atoms with Crippen LogP contribution in [0.15, 0.2) is 11.6 Å². The largest absolute Gasteiger partial charge is 0.390 e. The molecule has 2 nitrogen and oxygen atoms in total. The van der Waals surface area contributed by atoms with Crippen LogP contribution in [-0.4, -0.2) is 21.9 Å². The van der Waals surface area contributed by atoms with E-state index in [1.807, 2.05) is 13.8 Å². The molecule has 2 heteroatoms. The molecule has 0 bridgehead atoms. The van der Waals surface area contributed by atoms with Crippen molar-refractivity contribution in [1.82, 2.24) is 0 Å². The van der Waals surface area contributed by atoms with E-state index in [1.54, 1.807) is 6.92 Å². The molecule has 1 saturated carbocycles. The van der Waals surface area contributed by atoms with Gasteiger partial charge < -0.3 is 10.2 Å². The first-order chi connectivity index (χ1) is 6.69. The minimum atomic E-state index is -0.965. The number of rotatable bonds is 2. The Morgan fingerprint density at radius 1 is 1.33 bits per heavy atom. The lowest BCUT2D eigenvalue weighted by molar-refractivity contribution is -0.102. The summed E-state index contributed by atoms with van der Waals surface area (Å²) in [6.45, 7) is 10.0. The Balaban J connectivity index is 2.82. The second kappa shape index (κ2) is 3.91. The van der Waals surface area contributed by atoms with E-state index in [-0.39, 0.29) is 5.41 Å². The lowest BCUT2D eigenvalue weighted by atomic mass is 9.72. The fourth-order valence-electron chi connectivity index (χ4n) is 2.41. The van der Waals surface area contributed by atoms with E-state index in [0.29, 0.717) is 12.3 Å². The molecule has 0 aromatic carbocycles. The van der Waals surface area contributed by atoms with E-state index < -0.39 is 11.7 Å². The molecule has 0 saturated heterocycles. The standard InChI is InChI=1S/C13H24O2/c1-9(2)6-7-10-8-11(14)13(5,15)12(10,3)4/h6,10-11,14-15H,7-8H2,1-5H3/t10-,11?,13?/m0/s1. The van der Waals surface area contributed by atoms with Crippen molar-refractivity contribution in [2.75, 3.05) is 0 Å². The highest BCUT2D eigenvalue weighted by Gasteiger charge is 2.55. The number of aliphatic hydroxyl groups is 2. The number of hydrogen-bond acceptors (Lipinski definition) is 2. The second-order valence-corrected chi connectivity index (χ2v) is 5.83. The highest BCUT2D eigenvalue weighted by Crippen LogP contribution is 2.51. The van der Waals surface area contributed by atoms with E-state index in [0.717, 1.165) is 6.42 Å². The summed E-state index contributed by atoms with van der Waals surface area (Å²) in [4.78, 5) is 0. The first-order valence-electron chi connectivity index (χ1n) is 5.73. The Labute approximate surface area is 93.0 Å². The molecule has 1 rings (SSSR count). The molecular formula is C13H24O2. The molecule has 1 aliphatic rings. The Morgan fingerprint density at radius 3 is 2.20 bits per heavy atom. The quantitative estimate of drug-likeness (QED) is 0.690. The SMILES string of the molecule is CC(C)=CC[C@H]1CC(O)C(C)(O)C1(C)C. The molecule has 1 aliphatic carbocycles. The second-order valence-electron chi connectivity index (χ2n) is 5.83. The molecule has 0 aliphatic heterocycles. The van der Waals surface area contributed by atoms with Gasteiger partial charge in [-0.1, -0.05) is 25.5 Å². The lowest BCUT2D eigenvalue weighted by Crippen LogP contribution is -2.46. The van der Waals surface area contributed by atoms with Gasteiger partial charge in [-0.05, 0) is 44.9 Å². The maximum absolute atomic E-state index is 10.3. The zero-order valence-electron chi connectivity index (χ0n) is 10.5. The summed E-state index contributed by atoms with van der Waals surface area (Å²) in [6.07, 6.45) is 3.25. The van der Waals surface area contributed by atoms with Crippen molar-refractivity contribution in [1.29, 1.82) is 0 Å². The van der Waals surface area contributed by atoms with Gasteiger partial charge in [-0.3, -0.25) is 0 Å². The molecule has 0 radical (unpaired) electrons. The highest BCUT2D eigenvalue weighted by molar-refractivity contribution is 5.08. The van der Waals surface area contributed by atoms with Gasteiger partial charge in [0.05, 0.1) is 11.7 Å². The summed E-state index contributed by atoms with van der Waals surface area (Å²) in [5.41, 5.74) is 0.109. The van der Waals surface area contributed by atoms with Crippen molar-refractivity contribution in [3.63, 3.8) is 0 Å². The molecule has 0 amide bonds. The zero-order chi connectivity index (χ0) is 11.9. The van der Waals surface area contributed by atoms with Crippen molar-refractivity contribution in [2.45, 2.75) is 59.2 Å². The number of allylic oxidation sites excluding steroid dienone is 2. The maximum atomic E-state index is 10.3. The van der Waals surface area contributed by atoms with Crippen molar-refractivity contribution in [2.24, 2.45) is 11.3 Å². The number of hydrogen-bond donors (Lipinski definition) is 2. The molecule has 0 aromatic rings. The van der Waals surface area contributed by atoms with Crippen LogP contribution in [0.5, 0.6) is 0 Å². The Hall–Kier alpha value is -0.340. The van der Waals surface area contributed by atoms with Crippen molar-refractivity contribution >= 4 is 0 Å².